The Morgan fingerprint density at radius 1 is 1.10 bits per heavy atom. The van der Waals surface area contributed by atoms with E-state index in [2.05, 4.69) is 36.8 Å². The maximum atomic E-state index is 13.0. The monoisotopic (exact) mass is 540 g/mol. The van der Waals surface area contributed by atoms with Gasteiger partial charge < -0.3 is 15.4 Å². The minimum absolute atomic E-state index is 0.140. The average Bonchev–Trinajstić information content (AvgIpc) is 3.70. The number of amides is 1. The van der Waals surface area contributed by atoms with E-state index in [1.54, 1.807) is 10.9 Å². The molecule has 0 aromatic carbocycles. The van der Waals surface area contributed by atoms with E-state index in [1.807, 2.05) is 61.1 Å². The molecule has 0 bridgehead atoms. The van der Waals surface area contributed by atoms with E-state index in [0.717, 1.165) is 65.2 Å². The van der Waals surface area contributed by atoms with Crippen molar-refractivity contribution in [3.8, 4) is 11.1 Å². The van der Waals surface area contributed by atoms with Gasteiger partial charge in [0, 0.05) is 56.9 Å². The molecule has 0 atom stereocenters. The highest BCUT2D eigenvalue weighted by molar-refractivity contribution is 6.01. The highest BCUT2D eigenvalue weighted by atomic mass is 16.5. The topological polar surface area (TPSA) is 119 Å². The quantitative estimate of drug-likeness (QED) is 0.323. The van der Waals surface area contributed by atoms with Gasteiger partial charge in [-0.3, -0.25) is 24.0 Å². The van der Waals surface area contributed by atoms with E-state index in [4.69, 9.17) is 9.84 Å². The highest BCUT2D eigenvalue weighted by Crippen LogP contribution is 2.35. The predicted octanol–water partition coefficient (Wildman–Crippen LogP) is 2.66. The molecule has 12 heteroatoms. The zero-order valence-electron chi connectivity index (χ0n) is 22.9. The molecule has 1 spiro atoms. The molecular formula is C28H32N10O2. The van der Waals surface area contributed by atoms with Crippen LogP contribution in [0.25, 0.3) is 27.5 Å². The van der Waals surface area contributed by atoms with Crippen LogP contribution in [0.4, 0.5) is 11.5 Å². The summed E-state index contributed by atoms with van der Waals surface area (Å²) in [5.41, 5.74) is 6.14. The van der Waals surface area contributed by atoms with Gasteiger partial charge in [0.05, 0.1) is 64.5 Å². The minimum atomic E-state index is -0.140. The number of nitrogens with one attached hydrogen (secondary N) is 2. The van der Waals surface area contributed by atoms with Crippen LogP contribution in [0.1, 0.15) is 28.9 Å². The fourth-order valence-corrected chi connectivity index (χ4v) is 5.96. The molecule has 40 heavy (non-hydrogen) atoms. The third kappa shape index (κ3) is 4.11. The fraction of sp³-hybridized carbons (Fsp3) is 0.393. The molecule has 2 N–H and O–H groups in total. The molecule has 206 valence electrons. The molecule has 5 aromatic rings. The number of rotatable bonds is 7. The van der Waals surface area contributed by atoms with E-state index >= 15 is 0 Å². The van der Waals surface area contributed by atoms with Crippen molar-refractivity contribution < 1.29 is 9.53 Å². The lowest BCUT2D eigenvalue weighted by Crippen LogP contribution is -2.59. The first-order valence-corrected chi connectivity index (χ1v) is 13.6. The Labute approximate surface area is 230 Å². The van der Waals surface area contributed by atoms with Crippen molar-refractivity contribution in [2.75, 3.05) is 38.2 Å². The molecule has 2 fully saturated rings. The number of ether oxygens (including phenoxy) is 1. The summed E-state index contributed by atoms with van der Waals surface area (Å²) >= 11 is 0. The van der Waals surface area contributed by atoms with Crippen molar-refractivity contribution in [1.29, 1.82) is 0 Å². The summed E-state index contributed by atoms with van der Waals surface area (Å²) in [6.45, 7) is 5.98. The van der Waals surface area contributed by atoms with Crippen LogP contribution in [0.2, 0.25) is 0 Å². The van der Waals surface area contributed by atoms with Crippen LogP contribution in [0.5, 0.6) is 0 Å². The Balaban J connectivity index is 1.11. The predicted molar refractivity (Wildman–Crippen MR) is 151 cm³/mol. The lowest BCUT2D eigenvalue weighted by atomic mass is 9.94. The molecule has 2 saturated heterocycles. The second kappa shape index (κ2) is 9.42. The molecule has 2 aliphatic heterocycles. The van der Waals surface area contributed by atoms with Crippen molar-refractivity contribution in [3.63, 3.8) is 0 Å². The van der Waals surface area contributed by atoms with Gasteiger partial charge in [-0.05, 0) is 38.4 Å². The number of aryl methyl sites for hydroxylation is 3. The summed E-state index contributed by atoms with van der Waals surface area (Å²) in [5, 5.41) is 21.0. The maximum Gasteiger partial charge on any atom is 0.252 e. The van der Waals surface area contributed by atoms with Gasteiger partial charge in [0.1, 0.15) is 0 Å². The smallest absolute Gasteiger partial charge is 0.252 e. The van der Waals surface area contributed by atoms with Crippen LogP contribution in [0, 0.1) is 6.92 Å². The van der Waals surface area contributed by atoms with Crippen LogP contribution >= 0.6 is 0 Å². The number of anilines is 2. The summed E-state index contributed by atoms with van der Waals surface area (Å²) in [6, 6.07) is 3.93. The maximum absolute atomic E-state index is 13.0. The molecule has 0 radical (unpaired) electrons. The van der Waals surface area contributed by atoms with E-state index in [1.165, 1.54) is 12.8 Å². The first-order chi connectivity index (χ1) is 19.4. The Morgan fingerprint density at radius 2 is 1.98 bits per heavy atom. The fourth-order valence-electron chi connectivity index (χ4n) is 5.96. The zero-order chi connectivity index (χ0) is 27.4. The normalized spacial score (nSPS) is 16.7. The number of nitrogens with zero attached hydrogens (tertiary/aromatic N) is 8. The minimum Gasteiger partial charge on any atom is -0.377 e. The Bertz CT molecular complexity index is 1740. The van der Waals surface area contributed by atoms with Crippen LogP contribution in [0.3, 0.4) is 0 Å². The van der Waals surface area contributed by atoms with Crippen LogP contribution < -0.4 is 10.6 Å². The Morgan fingerprint density at radius 3 is 2.75 bits per heavy atom. The summed E-state index contributed by atoms with van der Waals surface area (Å²) in [6.07, 6.45) is 11.6. The molecule has 0 aliphatic carbocycles. The van der Waals surface area contributed by atoms with Crippen LogP contribution in [-0.4, -0.2) is 83.4 Å². The first kappa shape index (κ1) is 24.7. The van der Waals surface area contributed by atoms with Gasteiger partial charge >= 0.3 is 0 Å². The largest absolute Gasteiger partial charge is 0.377 e. The first-order valence-electron chi connectivity index (χ1n) is 13.6. The van der Waals surface area contributed by atoms with Crippen LogP contribution in [0.15, 0.2) is 43.1 Å². The highest BCUT2D eigenvalue weighted by Gasteiger charge is 2.46. The van der Waals surface area contributed by atoms with Gasteiger partial charge in [-0.1, -0.05) is 0 Å². The summed E-state index contributed by atoms with van der Waals surface area (Å²) in [4.78, 5) is 20.0. The molecule has 5 aromatic heterocycles. The summed E-state index contributed by atoms with van der Waals surface area (Å²) < 4.78 is 11.0. The number of likely N-dealkylation sites (tertiary alicyclic amines) is 1. The lowest BCUT2D eigenvalue weighted by molar-refractivity contribution is -0.122. The standard InChI is InChI=1S/C28H32N10O2/c1-18-23(9-19(11-30-18)27(39)29-6-8-37-7-4-5-28(37)16-40-17-28)33-26-22-13-32-38-15-20(21-12-31-35(2)14-21)10-24(38)25(22)36(3)34-26/h9-15H,4-8,16-17H2,1-3H3,(H,29,39)(H,33,34). The van der Waals surface area contributed by atoms with Gasteiger partial charge in [0.25, 0.3) is 5.91 Å². The van der Waals surface area contributed by atoms with Gasteiger partial charge in [-0.2, -0.15) is 15.3 Å². The van der Waals surface area contributed by atoms with Crippen LogP contribution in [-0.2, 0) is 18.8 Å². The number of fused-ring (bicyclic) bond motifs is 3. The van der Waals surface area contributed by atoms with Gasteiger partial charge in [0.15, 0.2) is 5.82 Å². The third-order valence-corrected chi connectivity index (χ3v) is 8.23. The van der Waals surface area contributed by atoms with E-state index in [9.17, 15) is 4.79 Å². The summed E-state index contributed by atoms with van der Waals surface area (Å²) in [7, 11) is 3.82. The number of pyridine rings is 1. The molecule has 12 nitrogen and oxygen atoms in total. The molecule has 0 saturated carbocycles. The second-order valence-corrected chi connectivity index (χ2v) is 10.9. The molecule has 1 amide bonds. The molecule has 7 rings (SSSR count). The number of carbonyl (C=O) groups is 1. The van der Waals surface area contributed by atoms with Crippen molar-refractivity contribution in [3.05, 3.63) is 54.4 Å². The molecular weight excluding hydrogens is 508 g/mol. The van der Waals surface area contributed by atoms with E-state index < -0.39 is 0 Å². The van der Waals surface area contributed by atoms with Crippen molar-refractivity contribution in [2.24, 2.45) is 14.1 Å². The Hall–Kier alpha value is -4.29. The lowest BCUT2D eigenvalue weighted by Gasteiger charge is -2.45. The van der Waals surface area contributed by atoms with Gasteiger partial charge in [-0.25, -0.2) is 4.52 Å². The average molecular weight is 541 g/mol. The van der Waals surface area contributed by atoms with Crippen molar-refractivity contribution in [1.82, 2.24) is 44.4 Å². The molecule has 2 aliphatic rings. The van der Waals surface area contributed by atoms with Gasteiger partial charge in [0.2, 0.25) is 0 Å². The van der Waals surface area contributed by atoms with E-state index in [0.29, 0.717) is 17.9 Å². The molecule has 0 unspecified atom stereocenters. The van der Waals surface area contributed by atoms with Gasteiger partial charge in [-0.15, -0.1) is 0 Å². The SMILES string of the molecule is Cc1ncc(C(=O)NCCN2CCCC23COC3)cc1Nc1nn(C)c2c1cnn1cc(-c3cnn(C)c3)cc21. The zero-order valence-corrected chi connectivity index (χ0v) is 22.9. The number of carbonyl (C=O) groups excluding carboxylic acids is 1. The number of hydrogen-bond acceptors (Lipinski definition) is 8. The number of hydrogen-bond donors (Lipinski definition) is 2. The third-order valence-electron chi connectivity index (χ3n) is 8.23. The van der Waals surface area contributed by atoms with E-state index in [-0.39, 0.29) is 11.4 Å². The second-order valence-electron chi connectivity index (χ2n) is 10.9. The van der Waals surface area contributed by atoms with Crippen molar-refractivity contribution >= 4 is 33.8 Å². The van der Waals surface area contributed by atoms with Crippen molar-refractivity contribution in [2.45, 2.75) is 25.3 Å². The Kier molecular flexibility index (Phi) is 5.82. The molecule has 7 heterocycles. The summed E-state index contributed by atoms with van der Waals surface area (Å²) in [5.74, 6) is 0.514. The number of aromatic nitrogens is 7.